The molecule has 1 aromatic rings. The molecule has 0 aliphatic heterocycles. The summed E-state index contributed by atoms with van der Waals surface area (Å²) in [5.74, 6) is 1.94. The van der Waals surface area contributed by atoms with Gasteiger partial charge in [-0.2, -0.15) is 5.26 Å². The number of hydrogen-bond acceptors (Lipinski definition) is 2. The van der Waals surface area contributed by atoms with E-state index in [-0.39, 0.29) is 11.6 Å². The number of hydrogen-bond donors (Lipinski definition) is 1. The van der Waals surface area contributed by atoms with Gasteiger partial charge in [0, 0.05) is 10.6 Å². The fourth-order valence-corrected chi connectivity index (χ4v) is 1.67. The van der Waals surface area contributed by atoms with Gasteiger partial charge in [-0.3, -0.25) is 5.32 Å². The highest BCUT2D eigenvalue weighted by atomic mass is 35.5. The minimum Gasteiger partial charge on any atom is -0.285 e. The highest BCUT2D eigenvalue weighted by molar-refractivity contribution is 6.31. The van der Waals surface area contributed by atoms with Crippen molar-refractivity contribution in [2.45, 2.75) is 12.5 Å². The first-order valence-corrected chi connectivity index (χ1v) is 4.96. The molecule has 0 saturated heterocycles. The lowest BCUT2D eigenvalue weighted by molar-refractivity contribution is 0.497. The molecule has 0 fully saturated rings. The number of benzene rings is 1. The Labute approximate surface area is 99.0 Å². The van der Waals surface area contributed by atoms with Crippen LogP contribution < -0.4 is 5.32 Å². The highest BCUT2D eigenvalue weighted by Crippen LogP contribution is 2.28. The molecule has 1 N–H and O–H groups in total. The third kappa shape index (κ3) is 2.52. The predicted molar refractivity (Wildman–Crippen MR) is 61.2 cm³/mol. The second-order valence-corrected chi connectivity index (χ2v) is 3.83. The lowest BCUT2D eigenvalue weighted by atomic mass is 9.93. The maximum atomic E-state index is 12.9. The van der Waals surface area contributed by atoms with Crippen molar-refractivity contribution in [3.05, 3.63) is 34.6 Å². The van der Waals surface area contributed by atoms with Gasteiger partial charge in [-0.05, 0) is 19.1 Å². The Balaban J connectivity index is 3.14. The van der Waals surface area contributed by atoms with Crippen LogP contribution in [0.1, 0.15) is 12.5 Å². The summed E-state index contributed by atoms with van der Waals surface area (Å²) in [6.45, 7) is 1.88. The van der Waals surface area contributed by atoms with Crippen LogP contribution in [0.3, 0.4) is 0 Å². The first kappa shape index (κ1) is 12.5. The molecule has 0 saturated carbocycles. The Hall–Kier alpha value is -1.55. The maximum Gasteiger partial charge on any atom is 0.131 e. The zero-order chi connectivity index (χ0) is 12.2. The summed E-state index contributed by atoms with van der Waals surface area (Å²) >= 11 is 5.89. The fourth-order valence-electron chi connectivity index (χ4n) is 1.32. The van der Waals surface area contributed by atoms with Crippen LogP contribution in [0.25, 0.3) is 0 Å². The Kier molecular flexibility index (Phi) is 3.90. The summed E-state index contributed by atoms with van der Waals surface area (Å²) in [5.41, 5.74) is -0.509. The monoisotopic (exact) mass is 236 g/mol. The summed E-state index contributed by atoms with van der Waals surface area (Å²) in [6.07, 6.45) is 5.12. The van der Waals surface area contributed by atoms with E-state index in [1.807, 2.05) is 0 Å². The van der Waals surface area contributed by atoms with Gasteiger partial charge in [0.15, 0.2) is 0 Å². The number of nitrogens with zero attached hydrogens (tertiary/aromatic N) is 1. The Morgan fingerprint density at radius 1 is 1.62 bits per heavy atom. The van der Waals surface area contributed by atoms with Crippen molar-refractivity contribution in [2.24, 2.45) is 0 Å². The van der Waals surface area contributed by atoms with Crippen molar-refractivity contribution < 1.29 is 4.39 Å². The van der Waals surface area contributed by atoms with Gasteiger partial charge in [0.05, 0.1) is 12.6 Å². The van der Waals surface area contributed by atoms with Gasteiger partial charge in [-0.1, -0.05) is 23.6 Å². The van der Waals surface area contributed by atoms with E-state index in [4.69, 9.17) is 23.3 Å². The lowest BCUT2D eigenvalue weighted by Gasteiger charge is -2.23. The van der Waals surface area contributed by atoms with Crippen LogP contribution in [-0.4, -0.2) is 6.54 Å². The number of nitriles is 1. The van der Waals surface area contributed by atoms with Crippen LogP contribution in [0, 0.1) is 29.5 Å². The molecule has 1 unspecified atom stereocenters. The molecule has 1 atom stereocenters. The molecule has 0 amide bonds. The van der Waals surface area contributed by atoms with Gasteiger partial charge < -0.3 is 0 Å². The average molecular weight is 237 g/mol. The molecule has 0 aromatic heterocycles. The molecular formula is C12H10ClFN2. The van der Waals surface area contributed by atoms with Crippen molar-refractivity contribution in [3.63, 3.8) is 0 Å². The van der Waals surface area contributed by atoms with Gasteiger partial charge in [0.1, 0.15) is 11.4 Å². The number of terminal acetylenes is 1. The molecule has 0 spiro atoms. The van der Waals surface area contributed by atoms with E-state index in [0.29, 0.717) is 5.56 Å². The third-order valence-electron chi connectivity index (χ3n) is 2.24. The minimum atomic E-state index is -1.02. The molecule has 82 valence electrons. The van der Waals surface area contributed by atoms with Crippen LogP contribution in [-0.2, 0) is 5.54 Å². The largest absolute Gasteiger partial charge is 0.285 e. The SMILES string of the molecule is C#CCNC(C)(C#N)c1ccc(F)cc1Cl. The molecule has 1 rings (SSSR count). The maximum absolute atomic E-state index is 12.9. The Morgan fingerprint density at radius 2 is 2.31 bits per heavy atom. The van der Waals surface area contributed by atoms with Crippen molar-refractivity contribution in [2.75, 3.05) is 6.54 Å². The van der Waals surface area contributed by atoms with Crippen LogP contribution >= 0.6 is 11.6 Å². The summed E-state index contributed by atoms with van der Waals surface area (Å²) in [6, 6.07) is 5.98. The number of rotatable bonds is 3. The summed E-state index contributed by atoms with van der Waals surface area (Å²) in [5, 5.41) is 12.2. The number of nitrogens with one attached hydrogen (secondary N) is 1. The molecule has 0 aliphatic carbocycles. The van der Waals surface area contributed by atoms with Gasteiger partial charge in [0.25, 0.3) is 0 Å². The molecular weight excluding hydrogens is 227 g/mol. The fraction of sp³-hybridized carbons (Fsp3) is 0.250. The Bertz CT molecular complexity index is 473. The molecule has 0 heterocycles. The first-order valence-electron chi connectivity index (χ1n) is 4.59. The molecule has 16 heavy (non-hydrogen) atoms. The van der Waals surface area contributed by atoms with E-state index in [2.05, 4.69) is 17.3 Å². The van der Waals surface area contributed by atoms with Gasteiger partial charge >= 0.3 is 0 Å². The lowest BCUT2D eigenvalue weighted by Crippen LogP contribution is -2.38. The molecule has 0 bridgehead atoms. The van der Waals surface area contributed by atoms with Crippen LogP contribution in [0.4, 0.5) is 4.39 Å². The summed E-state index contributed by atoms with van der Waals surface area (Å²) in [7, 11) is 0. The van der Waals surface area contributed by atoms with E-state index in [9.17, 15) is 4.39 Å². The van der Waals surface area contributed by atoms with E-state index < -0.39 is 11.4 Å². The van der Waals surface area contributed by atoms with Crippen molar-refractivity contribution in [3.8, 4) is 18.4 Å². The normalized spacial score (nSPS) is 13.6. The molecule has 1 aromatic carbocycles. The molecule has 2 nitrogen and oxygen atoms in total. The highest BCUT2D eigenvalue weighted by Gasteiger charge is 2.27. The number of halogens is 2. The van der Waals surface area contributed by atoms with Crippen molar-refractivity contribution >= 4 is 11.6 Å². The minimum absolute atomic E-state index is 0.202. The third-order valence-corrected chi connectivity index (χ3v) is 2.55. The van der Waals surface area contributed by atoms with E-state index in [1.165, 1.54) is 18.2 Å². The average Bonchev–Trinajstić information content (AvgIpc) is 2.26. The van der Waals surface area contributed by atoms with E-state index in [1.54, 1.807) is 6.92 Å². The van der Waals surface area contributed by atoms with Gasteiger partial charge in [-0.25, -0.2) is 4.39 Å². The predicted octanol–water partition coefficient (Wildman–Crippen LogP) is 2.44. The van der Waals surface area contributed by atoms with Crippen LogP contribution in [0.15, 0.2) is 18.2 Å². The van der Waals surface area contributed by atoms with Gasteiger partial charge in [0.2, 0.25) is 0 Å². The summed E-state index contributed by atoms with van der Waals surface area (Å²) < 4.78 is 12.9. The second-order valence-electron chi connectivity index (χ2n) is 3.42. The quantitative estimate of drug-likeness (QED) is 0.819. The molecule has 4 heteroatoms. The standard InChI is InChI=1S/C12H10ClFN2/c1-3-6-16-12(2,8-15)10-5-4-9(14)7-11(10)13/h1,4-5,7,16H,6H2,2H3. The Morgan fingerprint density at radius 3 is 2.81 bits per heavy atom. The van der Waals surface area contributed by atoms with Crippen LogP contribution in [0.5, 0.6) is 0 Å². The summed E-state index contributed by atoms with van der Waals surface area (Å²) in [4.78, 5) is 0. The van der Waals surface area contributed by atoms with E-state index >= 15 is 0 Å². The topological polar surface area (TPSA) is 35.8 Å². The first-order chi connectivity index (χ1) is 7.53. The molecule has 0 aliphatic rings. The smallest absolute Gasteiger partial charge is 0.131 e. The van der Waals surface area contributed by atoms with Crippen molar-refractivity contribution in [1.82, 2.24) is 5.32 Å². The second kappa shape index (κ2) is 4.99. The van der Waals surface area contributed by atoms with Gasteiger partial charge in [-0.15, -0.1) is 6.42 Å². The van der Waals surface area contributed by atoms with E-state index in [0.717, 1.165) is 0 Å². The zero-order valence-corrected chi connectivity index (χ0v) is 9.48. The van der Waals surface area contributed by atoms with Crippen molar-refractivity contribution in [1.29, 1.82) is 5.26 Å². The molecule has 0 radical (unpaired) electrons. The van der Waals surface area contributed by atoms with Crippen LogP contribution in [0.2, 0.25) is 5.02 Å². The zero-order valence-electron chi connectivity index (χ0n) is 8.72.